The zero-order valence-corrected chi connectivity index (χ0v) is 11.0. The van der Waals surface area contributed by atoms with Crippen LogP contribution in [0.25, 0.3) is 0 Å². The first-order chi connectivity index (χ1) is 8.15. The summed E-state index contributed by atoms with van der Waals surface area (Å²) in [6, 6.07) is 11.4. The van der Waals surface area contributed by atoms with Crippen molar-refractivity contribution in [2.75, 3.05) is 13.6 Å². The van der Waals surface area contributed by atoms with E-state index in [-0.39, 0.29) is 5.54 Å². The number of benzene rings is 1. The third-order valence-electron chi connectivity index (χ3n) is 4.34. The molecule has 0 bridgehead atoms. The lowest BCUT2D eigenvalue weighted by Gasteiger charge is -2.46. The molecule has 1 unspecified atom stereocenters. The van der Waals surface area contributed by atoms with Gasteiger partial charge in [-0.25, -0.2) is 0 Å². The summed E-state index contributed by atoms with van der Waals surface area (Å²) in [6.07, 6.45) is 5.08. The quantitative estimate of drug-likeness (QED) is 0.845. The standard InChI is InChI=1S/C15H24N2/c1-15(12-16,17(2)14-9-6-10-14)11-13-7-4-3-5-8-13/h3-5,7-8,14H,6,9-12,16H2,1-2H3. The van der Waals surface area contributed by atoms with Gasteiger partial charge in [-0.05, 0) is 38.8 Å². The van der Waals surface area contributed by atoms with Gasteiger partial charge in [-0.15, -0.1) is 0 Å². The predicted molar refractivity (Wildman–Crippen MR) is 73.0 cm³/mol. The normalized spacial score (nSPS) is 20.0. The Hall–Kier alpha value is -0.860. The summed E-state index contributed by atoms with van der Waals surface area (Å²) in [5.74, 6) is 0. The molecule has 0 heterocycles. The predicted octanol–water partition coefficient (Wildman–Crippen LogP) is 2.43. The molecular formula is C15H24N2. The average molecular weight is 232 g/mol. The van der Waals surface area contributed by atoms with Gasteiger partial charge < -0.3 is 5.73 Å². The molecule has 2 N–H and O–H groups in total. The fourth-order valence-corrected chi connectivity index (χ4v) is 2.59. The molecule has 94 valence electrons. The summed E-state index contributed by atoms with van der Waals surface area (Å²) in [4.78, 5) is 2.50. The highest BCUT2D eigenvalue weighted by Crippen LogP contribution is 2.30. The van der Waals surface area contributed by atoms with Crippen LogP contribution in [0.15, 0.2) is 30.3 Å². The average Bonchev–Trinajstić information content (AvgIpc) is 2.28. The highest BCUT2D eigenvalue weighted by atomic mass is 15.2. The molecule has 0 amide bonds. The smallest absolute Gasteiger partial charge is 0.0343 e. The van der Waals surface area contributed by atoms with Crippen LogP contribution in [0.1, 0.15) is 31.7 Å². The highest BCUT2D eigenvalue weighted by molar-refractivity contribution is 5.18. The maximum atomic E-state index is 6.03. The van der Waals surface area contributed by atoms with Crippen molar-refractivity contribution < 1.29 is 0 Å². The van der Waals surface area contributed by atoms with Crippen molar-refractivity contribution in [1.82, 2.24) is 4.90 Å². The van der Waals surface area contributed by atoms with Gasteiger partial charge in [-0.1, -0.05) is 36.8 Å². The first-order valence-corrected chi connectivity index (χ1v) is 6.63. The van der Waals surface area contributed by atoms with Crippen LogP contribution in [0.4, 0.5) is 0 Å². The zero-order chi connectivity index (χ0) is 12.3. The summed E-state index contributed by atoms with van der Waals surface area (Å²) in [5, 5.41) is 0. The number of hydrogen-bond acceptors (Lipinski definition) is 2. The molecule has 1 fully saturated rings. The minimum atomic E-state index is 0.0897. The van der Waals surface area contributed by atoms with Crippen molar-refractivity contribution in [2.24, 2.45) is 5.73 Å². The molecular weight excluding hydrogens is 208 g/mol. The fraction of sp³-hybridized carbons (Fsp3) is 0.600. The molecule has 1 aliphatic carbocycles. The van der Waals surface area contributed by atoms with E-state index in [9.17, 15) is 0 Å². The van der Waals surface area contributed by atoms with E-state index in [4.69, 9.17) is 5.73 Å². The van der Waals surface area contributed by atoms with E-state index in [1.807, 2.05) is 0 Å². The summed E-state index contributed by atoms with van der Waals surface area (Å²) < 4.78 is 0. The second-order valence-electron chi connectivity index (χ2n) is 5.56. The third kappa shape index (κ3) is 2.70. The molecule has 2 nitrogen and oxygen atoms in total. The Bertz CT molecular complexity index is 345. The van der Waals surface area contributed by atoms with Gasteiger partial charge in [-0.3, -0.25) is 4.90 Å². The summed E-state index contributed by atoms with van der Waals surface area (Å²) in [6.45, 7) is 3.01. The number of rotatable bonds is 5. The van der Waals surface area contributed by atoms with E-state index in [1.54, 1.807) is 0 Å². The molecule has 0 radical (unpaired) electrons. The largest absolute Gasteiger partial charge is 0.329 e. The van der Waals surface area contributed by atoms with Gasteiger partial charge >= 0.3 is 0 Å². The highest BCUT2D eigenvalue weighted by Gasteiger charge is 2.35. The van der Waals surface area contributed by atoms with Crippen molar-refractivity contribution in [3.63, 3.8) is 0 Å². The maximum absolute atomic E-state index is 6.03. The Morgan fingerprint density at radius 3 is 2.41 bits per heavy atom. The Kier molecular flexibility index (Phi) is 3.85. The fourth-order valence-electron chi connectivity index (χ4n) is 2.59. The van der Waals surface area contributed by atoms with Gasteiger partial charge in [-0.2, -0.15) is 0 Å². The van der Waals surface area contributed by atoms with Crippen LogP contribution in [-0.2, 0) is 6.42 Å². The van der Waals surface area contributed by atoms with Crippen LogP contribution in [0.3, 0.4) is 0 Å². The second kappa shape index (κ2) is 5.19. The lowest BCUT2D eigenvalue weighted by atomic mass is 9.84. The van der Waals surface area contributed by atoms with Crippen LogP contribution in [0, 0.1) is 0 Å². The molecule has 1 saturated carbocycles. The van der Waals surface area contributed by atoms with Crippen LogP contribution in [0.5, 0.6) is 0 Å². The Morgan fingerprint density at radius 1 is 1.29 bits per heavy atom. The van der Waals surface area contributed by atoms with Crippen molar-refractivity contribution in [1.29, 1.82) is 0 Å². The van der Waals surface area contributed by atoms with E-state index in [2.05, 4.69) is 49.2 Å². The van der Waals surface area contributed by atoms with E-state index in [0.717, 1.165) is 19.0 Å². The van der Waals surface area contributed by atoms with E-state index < -0.39 is 0 Å². The van der Waals surface area contributed by atoms with Gasteiger partial charge in [0.25, 0.3) is 0 Å². The van der Waals surface area contributed by atoms with Crippen LogP contribution >= 0.6 is 0 Å². The topological polar surface area (TPSA) is 29.3 Å². The molecule has 0 aliphatic heterocycles. The van der Waals surface area contributed by atoms with E-state index in [0.29, 0.717) is 0 Å². The van der Waals surface area contributed by atoms with Crippen molar-refractivity contribution in [2.45, 2.75) is 44.2 Å². The summed E-state index contributed by atoms with van der Waals surface area (Å²) >= 11 is 0. The molecule has 2 heteroatoms. The van der Waals surface area contributed by atoms with Gasteiger partial charge in [0, 0.05) is 18.1 Å². The minimum absolute atomic E-state index is 0.0897. The zero-order valence-electron chi connectivity index (χ0n) is 11.0. The van der Waals surface area contributed by atoms with Crippen molar-refractivity contribution in [3.05, 3.63) is 35.9 Å². The molecule has 2 rings (SSSR count). The maximum Gasteiger partial charge on any atom is 0.0343 e. The van der Waals surface area contributed by atoms with Gasteiger partial charge in [0.05, 0.1) is 0 Å². The Labute approximate surface area is 105 Å². The first kappa shape index (κ1) is 12.6. The number of hydrogen-bond donors (Lipinski definition) is 1. The van der Waals surface area contributed by atoms with E-state index in [1.165, 1.54) is 24.8 Å². The lowest BCUT2D eigenvalue weighted by molar-refractivity contribution is 0.0500. The van der Waals surface area contributed by atoms with Gasteiger partial charge in [0.2, 0.25) is 0 Å². The molecule has 0 spiro atoms. The third-order valence-corrected chi connectivity index (χ3v) is 4.34. The van der Waals surface area contributed by atoms with Crippen molar-refractivity contribution >= 4 is 0 Å². The molecule has 1 aromatic carbocycles. The number of likely N-dealkylation sites (N-methyl/N-ethyl adjacent to an activating group) is 1. The summed E-state index contributed by atoms with van der Waals surface area (Å²) in [7, 11) is 2.24. The Balaban J connectivity index is 2.07. The van der Waals surface area contributed by atoms with Gasteiger partial charge in [0.1, 0.15) is 0 Å². The molecule has 1 aliphatic rings. The molecule has 1 atom stereocenters. The molecule has 17 heavy (non-hydrogen) atoms. The molecule has 1 aromatic rings. The van der Waals surface area contributed by atoms with Gasteiger partial charge in [0.15, 0.2) is 0 Å². The SMILES string of the molecule is CN(C1CCC1)C(C)(CN)Cc1ccccc1. The summed E-state index contributed by atoms with van der Waals surface area (Å²) in [5.41, 5.74) is 7.50. The van der Waals surface area contributed by atoms with Crippen LogP contribution in [-0.4, -0.2) is 30.1 Å². The van der Waals surface area contributed by atoms with Crippen LogP contribution < -0.4 is 5.73 Å². The first-order valence-electron chi connectivity index (χ1n) is 6.63. The monoisotopic (exact) mass is 232 g/mol. The molecule has 0 aromatic heterocycles. The number of nitrogens with two attached hydrogens (primary N) is 1. The molecule has 0 saturated heterocycles. The Morgan fingerprint density at radius 2 is 1.94 bits per heavy atom. The number of nitrogens with zero attached hydrogens (tertiary/aromatic N) is 1. The lowest BCUT2D eigenvalue weighted by Crippen LogP contribution is -2.57. The second-order valence-corrected chi connectivity index (χ2v) is 5.56. The van der Waals surface area contributed by atoms with Crippen LogP contribution in [0.2, 0.25) is 0 Å². The van der Waals surface area contributed by atoms with E-state index >= 15 is 0 Å². The van der Waals surface area contributed by atoms with Crippen molar-refractivity contribution in [3.8, 4) is 0 Å². The minimum Gasteiger partial charge on any atom is -0.329 e.